The van der Waals surface area contributed by atoms with Gasteiger partial charge in [0.2, 0.25) is 5.91 Å². The van der Waals surface area contributed by atoms with Gasteiger partial charge in [0.15, 0.2) is 0 Å². The molecule has 156 valence electrons. The summed E-state index contributed by atoms with van der Waals surface area (Å²) in [5.74, 6) is 0.926. The Morgan fingerprint density at radius 2 is 1.79 bits per heavy atom. The van der Waals surface area contributed by atoms with Crippen LogP contribution in [0.1, 0.15) is 22.3 Å². The molecule has 0 saturated carbocycles. The molecule has 0 spiro atoms. The first-order valence-corrected chi connectivity index (χ1v) is 12.3. The normalized spacial score (nSPS) is 11.7. The Labute approximate surface area is 190 Å². The Morgan fingerprint density at radius 1 is 1.07 bits per heavy atom. The average molecular weight is 471 g/mol. The Bertz CT molecular complexity index is 832. The van der Waals surface area contributed by atoms with Crippen LogP contribution in [0, 0.1) is 6.92 Å². The predicted molar refractivity (Wildman–Crippen MR) is 126 cm³/mol. The third-order valence-corrected chi connectivity index (χ3v) is 6.30. The summed E-state index contributed by atoms with van der Waals surface area (Å²) in [4.78, 5) is 26.3. The second kappa shape index (κ2) is 12.4. The number of hydrogen-bond donors (Lipinski definition) is 2. The van der Waals surface area contributed by atoms with Gasteiger partial charge in [-0.1, -0.05) is 40.9 Å². The zero-order chi connectivity index (χ0) is 21.2. The molecule has 0 fully saturated rings. The minimum absolute atomic E-state index is 0.193. The van der Waals surface area contributed by atoms with Crippen molar-refractivity contribution in [2.45, 2.75) is 24.3 Å². The maximum atomic E-state index is 12.6. The summed E-state index contributed by atoms with van der Waals surface area (Å²) in [6, 6.07) is 12.3. The molecule has 0 aliphatic rings. The highest BCUT2D eigenvalue weighted by Gasteiger charge is 2.22. The SMILES string of the molecule is CSCCC(NC(=O)c1ccc(Cl)cc1Cl)C(=O)NCCSc1ccc(C)cc1. The molecule has 2 rings (SSSR count). The average Bonchev–Trinajstić information content (AvgIpc) is 2.69. The van der Waals surface area contributed by atoms with Crippen molar-refractivity contribution in [3.05, 3.63) is 63.6 Å². The summed E-state index contributed by atoms with van der Waals surface area (Å²) in [7, 11) is 0. The van der Waals surface area contributed by atoms with Crippen LogP contribution < -0.4 is 10.6 Å². The van der Waals surface area contributed by atoms with Gasteiger partial charge in [0.25, 0.3) is 5.91 Å². The van der Waals surface area contributed by atoms with E-state index < -0.39 is 6.04 Å². The first-order valence-electron chi connectivity index (χ1n) is 9.12. The third kappa shape index (κ3) is 8.13. The summed E-state index contributed by atoms with van der Waals surface area (Å²) < 4.78 is 0. The molecule has 1 atom stereocenters. The van der Waals surface area contributed by atoms with Crippen LogP contribution in [0.5, 0.6) is 0 Å². The van der Waals surface area contributed by atoms with Crippen LogP contribution in [0.25, 0.3) is 0 Å². The molecule has 2 aromatic carbocycles. The highest BCUT2D eigenvalue weighted by atomic mass is 35.5. The summed E-state index contributed by atoms with van der Waals surface area (Å²) in [5, 5.41) is 6.42. The van der Waals surface area contributed by atoms with Crippen LogP contribution >= 0.6 is 46.7 Å². The number of aryl methyl sites for hydroxylation is 1. The molecule has 29 heavy (non-hydrogen) atoms. The fourth-order valence-corrected chi connectivity index (χ4v) is 4.25. The Hall–Kier alpha value is -1.34. The number of halogens is 2. The fourth-order valence-electron chi connectivity index (χ4n) is 2.51. The predicted octanol–water partition coefficient (Wildman–Crippen LogP) is 5.06. The van der Waals surface area contributed by atoms with E-state index >= 15 is 0 Å². The Balaban J connectivity index is 1.89. The lowest BCUT2D eigenvalue weighted by molar-refractivity contribution is -0.122. The summed E-state index contributed by atoms with van der Waals surface area (Å²) in [6.45, 7) is 2.57. The number of carbonyl (C=O) groups excluding carboxylic acids is 2. The zero-order valence-corrected chi connectivity index (χ0v) is 19.5. The lowest BCUT2D eigenvalue weighted by Gasteiger charge is -2.18. The monoisotopic (exact) mass is 470 g/mol. The molecule has 2 aromatic rings. The minimum atomic E-state index is -0.619. The largest absolute Gasteiger partial charge is 0.353 e. The molecule has 0 heterocycles. The topological polar surface area (TPSA) is 58.2 Å². The van der Waals surface area contributed by atoms with Crippen molar-refractivity contribution >= 4 is 58.5 Å². The van der Waals surface area contributed by atoms with Crippen molar-refractivity contribution in [2.24, 2.45) is 0 Å². The van der Waals surface area contributed by atoms with E-state index in [-0.39, 0.29) is 16.8 Å². The standard InChI is InChI=1S/C21H24Cl2N2O2S2/c1-14-3-6-16(7-4-14)29-12-10-24-21(27)19(9-11-28-2)25-20(26)17-8-5-15(22)13-18(17)23/h3-8,13,19H,9-12H2,1-2H3,(H,24,27)(H,25,26). The second-order valence-corrected chi connectivity index (χ2v) is 9.38. The summed E-state index contributed by atoms with van der Waals surface area (Å²) >= 11 is 15.3. The van der Waals surface area contributed by atoms with Crippen molar-refractivity contribution in [3.8, 4) is 0 Å². The highest BCUT2D eigenvalue weighted by Crippen LogP contribution is 2.21. The van der Waals surface area contributed by atoms with Crippen molar-refractivity contribution in [1.82, 2.24) is 10.6 Å². The van der Waals surface area contributed by atoms with E-state index in [9.17, 15) is 9.59 Å². The highest BCUT2D eigenvalue weighted by molar-refractivity contribution is 7.99. The van der Waals surface area contributed by atoms with E-state index in [1.54, 1.807) is 35.7 Å². The smallest absolute Gasteiger partial charge is 0.253 e. The lowest BCUT2D eigenvalue weighted by atomic mass is 10.1. The second-order valence-electron chi connectivity index (χ2n) is 6.38. The molecular weight excluding hydrogens is 447 g/mol. The van der Waals surface area contributed by atoms with Gasteiger partial charge in [-0.05, 0) is 55.7 Å². The minimum Gasteiger partial charge on any atom is -0.353 e. The van der Waals surface area contributed by atoms with Crippen LogP contribution in [0.2, 0.25) is 10.0 Å². The van der Waals surface area contributed by atoms with Crippen molar-refractivity contribution < 1.29 is 9.59 Å². The summed E-state index contributed by atoms with van der Waals surface area (Å²) in [6.07, 6.45) is 2.50. The quantitative estimate of drug-likeness (QED) is 0.376. The van der Waals surface area contributed by atoms with Crippen LogP contribution in [-0.4, -0.2) is 42.2 Å². The lowest BCUT2D eigenvalue weighted by Crippen LogP contribution is -2.47. The summed E-state index contributed by atoms with van der Waals surface area (Å²) in [5.41, 5.74) is 1.52. The molecule has 1 unspecified atom stereocenters. The Morgan fingerprint density at radius 3 is 2.45 bits per heavy atom. The van der Waals surface area contributed by atoms with E-state index in [2.05, 4.69) is 41.8 Å². The molecule has 2 amide bonds. The molecule has 4 nitrogen and oxygen atoms in total. The number of carbonyl (C=O) groups is 2. The molecule has 0 radical (unpaired) electrons. The van der Waals surface area contributed by atoms with Crippen LogP contribution in [0.4, 0.5) is 0 Å². The molecule has 8 heteroatoms. The molecule has 0 bridgehead atoms. The number of nitrogens with one attached hydrogen (secondary N) is 2. The zero-order valence-electron chi connectivity index (χ0n) is 16.3. The fraction of sp³-hybridized carbons (Fsp3) is 0.333. The molecule has 2 N–H and O–H groups in total. The van der Waals surface area contributed by atoms with Gasteiger partial charge < -0.3 is 10.6 Å². The van der Waals surface area contributed by atoms with E-state index in [4.69, 9.17) is 23.2 Å². The number of amides is 2. The molecule has 0 aliphatic carbocycles. The number of benzene rings is 2. The van der Waals surface area contributed by atoms with Crippen LogP contribution in [0.15, 0.2) is 47.4 Å². The maximum Gasteiger partial charge on any atom is 0.253 e. The van der Waals surface area contributed by atoms with E-state index in [0.717, 1.165) is 16.4 Å². The van der Waals surface area contributed by atoms with Crippen LogP contribution in [-0.2, 0) is 4.79 Å². The van der Waals surface area contributed by atoms with Gasteiger partial charge in [0.1, 0.15) is 6.04 Å². The number of thioether (sulfide) groups is 2. The van der Waals surface area contributed by atoms with E-state index in [1.165, 1.54) is 11.6 Å². The van der Waals surface area contributed by atoms with E-state index in [1.807, 2.05) is 6.26 Å². The van der Waals surface area contributed by atoms with Crippen molar-refractivity contribution in [1.29, 1.82) is 0 Å². The van der Waals surface area contributed by atoms with Gasteiger partial charge in [-0.3, -0.25) is 9.59 Å². The first kappa shape index (κ1) is 23.9. The molecule has 0 saturated heterocycles. The first-order chi connectivity index (χ1) is 13.9. The van der Waals surface area contributed by atoms with Gasteiger partial charge in [-0.25, -0.2) is 0 Å². The molecular formula is C21H24Cl2N2O2S2. The van der Waals surface area contributed by atoms with Gasteiger partial charge in [0, 0.05) is 22.2 Å². The van der Waals surface area contributed by atoms with Gasteiger partial charge in [-0.15, -0.1) is 11.8 Å². The Kier molecular flexibility index (Phi) is 10.2. The molecule has 0 aliphatic heterocycles. The maximum absolute atomic E-state index is 12.6. The van der Waals surface area contributed by atoms with E-state index in [0.29, 0.717) is 23.6 Å². The number of hydrogen-bond acceptors (Lipinski definition) is 4. The van der Waals surface area contributed by atoms with Crippen molar-refractivity contribution in [3.63, 3.8) is 0 Å². The molecule has 0 aromatic heterocycles. The third-order valence-electron chi connectivity index (χ3n) is 4.10. The van der Waals surface area contributed by atoms with Gasteiger partial charge in [-0.2, -0.15) is 11.8 Å². The van der Waals surface area contributed by atoms with Gasteiger partial charge >= 0.3 is 0 Å². The van der Waals surface area contributed by atoms with Gasteiger partial charge in [0.05, 0.1) is 10.6 Å². The number of rotatable bonds is 10. The van der Waals surface area contributed by atoms with Crippen molar-refractivity contribution in [2.75, 3.05) is 24.3 Å². The van der Waals surface area contributed by atoms with Crippen LogP contribution in [0.3, 0.4) is 0 Å².